The van der Waals surface area contributed by atoms with Crippen molar-refractivity contribution in [2.75, 3.05) is 0 Å². The molecular formula is C9H7NO4. The summed E-state index contributed by atoms with van der Waals surface area (Å²) in [7, 11) is 0. The van der Waals surface area contributed by atoms with Gasteiger partial charge in [0, 0.05) is 5.56 Å². The molecule has 0 saturated heterocycles. The van der Waals surface area contributed by atoms with Gasteiger partial charge < -0.3 is 15.2 Å². The Bertz CT molecular complexity index is 413. The highest BCUT2D eigenvalue weighted by molar-refractivity contribution is 5.91. The lowest BCUT2D eigenvalue weighted by Crippen LogP contribution is -2.32. The van der Waals surface area contributed by atoms with Crippen LogP contribution in [0.3, 0.4) is 0 Å². The first-order valence-electron chi connectivity index (χ1n) is 3.99. The SMILES string of the molecule is O=C1NCc2c(cccc2C(=O)O)O1. The van der Waals surface area contributed by atoms with Gasteiger partial charge in [-0.25, -0.2) is 9.59 Å². The molecule has 5 heteroatoms. The van der Waals surface area contributed by atoms with E-state index in [-0.39, 0.29) is 12.1 Å². The first kappa shape index (κ1) is 8.55. The van der Waals surface area contributed by atoms with Gasteiger partial charge >= 0.3 is 12.1 Å². The van der Waals surface area contributed by atoms with Crippen molar-refractivity contribution in [2.24, 2.45) is 0 Å². The smallest absolute Gasteiger partial charge is 0.412 e. The van der Waals surface area contributed by atoms with Gasteiger partial charge in [-0.05, 0) is 12.1 Å². The molecule has 1 heterocycles. The molecule has 0 bridgehead atoms. The third kappa shape index (κ3) is 1.28. The van der Waals surface area contributed by atoms with Gasteiger partial charge in [0.1, 0.15) is 5.75 Å². The largest absolute Gasteiger partial charge is 0.478 e. The Kier molecular flexibility index (Phi) is 1.85. The zero-order chi connectivity index (χ0) is 10.1. The molecule has 5 nitrogen and oxygen atoms in total. The molecule has 1 aliphatic heterocycles. The molecule has 1 aromatic carbocycles. The Morgan fingerprint density at radius 1 is 1.50 bits per heavy atom. The third-order valence-corrected chi connectivity index (χ3v) is 1.98. The number of carboxylic acids is 1. The molecule has 0 radical (unpaired) electrons. The molecule has 0 saturated carbocycles. The number of carboxylic acid groups (broad SMARTS) is 1. The van der Waals surface area contributed by atoms with Crippen LogP contribution in [0.15, 0.2) is 18.2 Å². The highest BCUT2D eigenvalue weighted by Gasteiger charge is 2.21. The van der Waals surface area contributed by atoms with Crippen molar-refractivity contribution in [2.45, 2.75) is 6.54 Å². The van der Waals surface area contributed by atoms with Gasteiger partial charge in [0.25, 0.3) is 0 Å². The van der Waals surface area contributed by atoms with Crippen molar-refractivity contribution in [3.8, 4) is 5.75 Å². The van der Waals surface area contributed by atoms with Gasteiger partial charge in [0.2, 0.25) is 0 Å². The summed E-state index contributed by atoms with van der Waals surface area (Å²) in [6, 6.07) is 4.59. The minimum Gasteiger partial charge on any atom is -0.478 e. The zero-order valence-electron chi connectivity index (χ0n) is 7.11. The van der Waals surface area contributed by atoms with Crippen LogP contribution in [0.2, 0.25) is 0 Å². The number of carbonyl (C=O) groups excluding carboxylic acids is 1. The van der Waals surface area contributed by atoms with E-state index < -0.39 is 12.1 Å². The van der Waals surface area contributed by atoms with Crippen LogP contribution in [-0.2, 0) is 6.54 Å². The molecule has 0 atom stereocenters. The molecule has 0 aromatic heterocycles. The third-order valence-electron chi connectivity index (χ3n) is 1.98. The average molecular weight is 193 g/mol. The van der Waals surface area contributed by atoms with Crippen LogP contribution in [0.25, 0.3) is 0 Å². The highest BCUT2D eigenvalue weighted by Crippen LogP contribution is 2.25. The van der Waals surface area contributed by atoms with E-state index in [0.717, 1.165) is 0 Å². The summed E-state index contributed by atoms with van der Waals surface area (Å²) in [5.41, 5.74) is 0.655. The number of hydrogen-bond acceptors (Lipinski definition) is 3. The molecule has 14 heavy (non-hydrogen) atoms. The van der Waals surface area contributed by atoms with Crippen molar-refractivity contribution in [3.63, 3.8) is 0 Å². The van der Waals surface area contributed by atoms with Gasteiger partial charge in [0.05, 0.1) is 12.1 Å². The minimum absolute atomic E-state index is 0.155. The van der Waals surface area contributed by atoms with Crippen molar-refractivity contribution in [3.05, 3.63) is 29.3 Å². The van der Waals surface area contributed by atoms with Crippen LogP contribution in [0, 0.1) is 0 Å². The van der Waals surface area contributed by atoms with E-state index in [4.69, 9.17) is 9.84 Å². The van der Waals surface area contributed by atoms with E-state index in [9.17, 15) is 9.59 Å². The summed E-state index contributed by atoms with van der Waals surface area (Å²) in [6.45, 7) is 0.191. The van der Waals surface area contributed by atoms with Crippen LogP contribution >= 0.6 is 0 Å². The lowest BCUT2D eigenvalue weighted by molar-refractivity contribution is 0.0694. The Hall–Kier alpha value is -2.04. The Morgan fingerprint density at radius 2 is 2.29 bits per heavy atom. The molecule has 72 valence electrons. The molecule has 0 aliphatic carbocycles. The Morgan fingerprint density at radius 3 is 3.00 bits per heavy atom. The molecule has 2 rings (SSSR count). The number of fused-ring (bicyclic) bond motifs is 1. The van der Waals surface area contributed by atoms with Gasteiger partial charge in [0.15, 0.2) is 0 Å². The van der Waals surface area contributed by atoms with Crippen LogP contribution < -0.4 is 10.1 Å². The number of ether oxygens (including phenoxy) is 1. The second-order valence-electron chi connectivity index (χ2n) is 2.83. The molecule has 1 aromatic rings. The van der Waals surface area contributed by atoms with Gasteiger partial charge in [-0.3, -0.25) is 0 Å². The maximum absolute atomic E-state index is 10.8. The van der Waals surface area contributed by atoms with Crippen molar-refractivity contribution < 1.29 is 19.4 Å². The normalized spacial score (nSPS) is 13.9. The van der Waals surface area contributed by atoms with Crippen LogP contribution in [0.4, 0.5) is 4.79 Å². The Labute approximate surface area is 79.3 Å². The van der Waals surface area contributed by atoms with Crippen LogP contribution in [0.5, 0.6) is 5.75 Å². The zero-order valence-corrected chi connectivity index (χ0v) is 7.11. The topological polar surface area (TPSA) is 75.6 Å². The molecule has 0 fully saturated rings. The predicted molar refractivity (Wildman–Crippen MR) is 46.3 cm³/mol. The molecule has 0 unspecified atom stereocenters. The Balaban J connectivity index is 2.52. The summed E-state index contributed by atoms with van der Waals surface area (Å²) >= 11 is 0. The van der Waals surface area contributed by atoms with E-state index >= 15 is 0 Å². The predicted octanol–water partition coefficient (Wildman–Crippen LogP) is 0.987. The number of nitrogens with one attached hydrogen (secondary N) is 1. The lowest BCUT2D eigenvalue weighted by Gasteiger charge is -2.17. The second kappa shape index (κ2) is 3.02. The number of amides is 1. The fourth-order valence-corrected chi connectivity index (χ4v) is 1.34. The summed E-state index contributed by atoms with van der Waals surface area (Å²) < 4.78 is 4.81. The quantitative estimate of drug-likeness (QED) is 0.697. The van der Waals surface area contributed by atoms with Crippen LogP contribution in [0.1, 0.15) is 15.9 Å². The molecular weight excluding hydrogens is 186 g/mol. The monoisotopic (exact) mass is 193 g/mol. The van der Waals surface area contributed by atoms with E-state index in [2.05, 4.69) is 5.32 Å². The average Bonchev–Trinajstić information content (AvgIpc) is 2.16. The van der Waals surface area contributed by atoms with Gasteiger partial charge in [-0.15, -0.1) is 0 Å². The number of rotatable bonds is 1. The number of aromatic carboxylic acids is 1. The van der Waals surface area contributed by atoms with Crippen LogP contribution in [-0.4, -0.2) is 17.2 Å². The summed E-state index contributed by atoms with van der Waals surface area (Å²) in [5.74, 6) is -0.713. The lowest BCUT2D eigenvalue weighted by atomic mass is 10.1. The van der Waals surface area contributed by atoms with Gasteiger partial charge in [-0.2, -0.15) is 0 Å². The number of hydrogen-bond donors (Lipinski definition) is 2. The summed E-state index contributed by atoms with van der Waals surface area (Å²) in [4.78, 5) is 21.6. The second-order valence-corrected chi connectivity index (χ2v) is 2.83. The van der Waals surface area contributed by atoms with E-state index in [1.165, 1.54) is 6.07 Å². The maximum Gasteiger partial charge on any atom is 0.412 e. The summed E-state index contributed by atoms with van der Waals surface area (Å²) in [6.07, 6.45) is -0.556. The maximum atomic E-state index is 10.8. The first-order chi connectivity index (χ1) is 6.68. The fourth-order valence-electron chi connectivity index (χ4n) is 1.34. The van der Waals surface area contributed by atoms with E-state index in [1.807, 2.05) is 0 Å². The molecule has 1 aliphatic rings. The fraction of sp³-hybridized carbons (Fsp3) is 0.111. The number of benzene rings is 1. The molecule has 2 N–H and O–H groups in total. The van der Waals surface area contributed by atoms with Gasteiger partial charge in [-0.1, -0.05) is 6.07 Å². The number of carbonyl (C=O) groups is 2. The highest BCUT2D eigenvalue weighted by atomic mass is 16.6. The summed E-state index contributed by atoms with van der Waals surface area (Å²) in [5, 5.41) is 11.2. The molecule has 0 spiro atoms. The van der Waals surface area contributed by atoms with E-state index in [0.29, 0.717) is 11.3 Å². The minimum atomic E-state index is -1.03. The van der Waals surface area contributed by atoms with Crippen molar-refractivity contribution in [1.29, 1.82) is 0 Å². The first-order valence-corrected chi connectivity index (χ1v) is 3.99. The standard InChI is InChI=1S/C9H7NO4/c11-8(12)5-2-1-3-7-6(5)4-10-9(13)14-7/h1-3H,4H2,(H,10,13)(H,11,12). The molecule has 1 amide bonds. The van der Waals surface area contributed by atoms with E-state index in [1.54, 1.807) is 12.1 Å². The van der Waals surface area contributed by atoms with Crippen molar-refractivity contribution in [1.82, 2.24) is 5.32 Å². The van der Waals surface area contributed by atoms with Crippen molar-refractivity contribution >= 4 is 12.1 Å².